The molecule has 0 saturated heterocycles. The third-order valence-electron chi connectivity index (χ3n) is 4.32. The minimum absolute atomic E-state index is 0.0207. The Labute approximate surface area is 170 Å². The third kappa shape index (κ3) is 4.95. The number of halogens is 3. The molecule has 152 valence electrons. The van der Waals surface area contributed by atoms with Gasteiger partial charge >= 0.3 is 0 Å². The zero-order valence-electron chi connectivity index (χ0n) is 16.1. The monoisotopic (exact) mass is 420 g/mol. The highest BCUT2D eigenvalue weighted by Gasteiger charge is 2.19. The molecule has 1 aromatic heterocycles. The quantitative estimate of drug-likeness (QED) is 0.544. The van der Waals surface area contributed by atoms with Crippen molar-refractivity contribution in [2.24, 2.45) is 0 Å². The summed E-state index contributed by atoms with van der Waals surface area (Å²) in [6.45, 7) is 3.68. The molecule has 29 heavy (non-hydrogen) atoms. The Hall–Kier alpha value is -2.87. The van der Waals surface area contributed by atoms with Crippen LogP contribution in [0.25, 0.3) is 10.6 Å². The van der Waals surface area contributed by atoms with E-state index < -0.39 is 17.5 Å². The average Bonchev–Trinajstić information content (AvgIpc) is 3.14. The summed E-state index contributed by atoms with van der Waals surface area (Å²) in [5, 5.41) is 1.97. The number of aromatic nitrogens is 1. The number of hydrogen-bond donors (Lipinski definition) is 0. The summed E-state index contributed by atoms with van der Waals surface area (Å²) in [5.74, 6) is -2.00. The van der Waals surface area contributed by atoms with E-state index in [4.69, 9.17) is 4.74 Å². The lowest BCUT2D eigenvalue weighted by atomic mass is 10.2. The largest absolute Gasteiger partial charge is 0.489 e. The van der Waals surface area contributed by atoms with Crippen LogP contribution in [-0.4, -0.2) is 28.9 Å². The number of rotatable bonds is 6. The van der Waals surface area contributed by atoms with Crippen LogP contribution in [0.4, 0.5) is 13.2 Å². The zero-order valence-corrected chi connectivity index (χ0v) is 16.9. The van der Waals surface area contributed by atoms with Crippen molar-refractivity contribution < 1.29 is 22.7 Å². The Morgan fingerprint density at radius 2 is 1.83 bits per heavy atom. The maximum atomic E-state index is 14.6. The number of amides is 1. The van der Waals surface area contributed by atoms with Gasteiger partial charge in [-0.25, -0.2) is 18.2 Å². The highest BCUT2D eigenvalue weighted by atomic mass is 32.1. The first-order valence-corrected chi connectivity index (χ1v) is 9.73. The molecule has 8 heteroatoms. The van der Waals surface area contributed by atoms with Crippen molar-refractivity contribution in [1.29, 1.82) is 0 Å². The molecule has 3 rings (SSSR count). The molecule has 1 amide bonds. The normalized spacial score (nSPS) is 11.0. The second-order valence-electron chi connectivity index (χ2n) is 6.76. The second kappa shape index (κ2) is 8.65. The number of hydrogen-bond acceptors (Lipinski definition) is 4. The van der Waals surface area contributed by atoms with Crippen LogP contribution < -0.4 is 4.74 Å². The molecular weight excluding hydrogens is 401 g/mol. The van der Waals surface area contributed by atoms with Crippen molar-refractivity contribution in [2.45, 2.75) is 26.5 Å². The van der Waals surface area contributed by atoms with E-state index in [2.05, 4.69) is 4.98 Å². The average molecular weight is 420 g/mol. The molecule has 1 heterocycles. The van der Waals surface area contributed by atoms with Crippen molar-refractivity contribution in [1.82, 2.24) is 9.88 Å². The lowest BCUT2D eigenvalue weighted by molar-refractivity contribution is 0.0750. The van der Waals surface area contributed by atoms with Gasteiger partial charge in [0.05, 0.1) is 0 Å². The van der Waals surface area contributed by atoms with Crippen LogP contribution >= 0.6 is 11.3 Å². The molecule has 0 atom stereocenters. The van der Waals surface area contributed by atoms with Crippen molar-refractivity contribution in [3.05, 3.63) is 70.5 Å². The summed E-state index contributed by atoms with van der Waals surface area (Å²) in [6.07, 6.45) is 0. The van der Waals surface area contributed by atoms with Crippen molar-refractivity contribution in [2.75, 3.05) is 7.05 Å². The van der Waals surface area contributed by atoms with Crippen molar-refractivity contribution >= 4 is 17.2 Å². The fourth-order valence-corrected chi connectivity index (χ4v) is 3.35. The van der Waals surface area contributed by atoms with Gasteiger partial charge in [-0.15, -0.1) is 11.3 Å². The van der Waals surface area contributed by atoms with Gasteiger partial charge in [0, 0.05) is 36.2 Å². The fourth-order valence-electron chi connectivity index (χ4n) is 2.53. The molecule has 0 radical (unpaired) electrons. The highest BCUT2D eigenvalue weighted by molar-refractivity contribution is 7.13. The summed E-state index contributed by atoms with van der Waals surface area (Å²) in [4.78, 5) is 18.1. The number of carbonyl (C=O) groups excluding carboxylic acids is 1. The molecule has 0 unspecified atom stereocenters. The summed E-state index contributed by atoms with van der Waals surface area (Å²) < 4.78 is 46.4. The number of ether oxygens (including phenoxy) is 1. The number of thiazole rings is 1. The van der Waals surface area contributed by atoms with Gasteiger partial charge in [-0.1, -0.05) is 0 Å². The molecule has 0 bridgehead atoms. The van der Waals surface area contributed by atoms with Crippen LogP contribution in [0.1, 0.15) is 29.9 Å². The lowest BCUT2D eigenvalue weighted by Gasteiger charge is -2.20. The van der Waals surface area contributed by atoms with E-state index in [-0.39, 0.29) is 35.6 Å². The Morgan fingerprint density at radius 3 is 2.45 bits per heavy atom. The SMILES string of the molecule is CC(C)N(C)C(=O)c1csc(-c2ccc(OCc3cc(F)cc(F)c3)cc2F)n1. The van der Waals surface area contributed by atoms with Gasteiger partial charge in [0.1, 0.15) is 40.5 Å². The highest BCUT2D eigenvalue weighted by Crippen LogP contribution is 2.29. The van der Waals surface area contributed by atoms with Gasteiger partial charge in [-0.2, -0.15) is 0 Å². The van der Waals surface area contributed by atoms with Crippen molar-refractivity contribution in [3.63, 3.8) is 0 Å². The summed E-state index contributed by atoms with van der Waals surface area (Å²) in [6, 6.07) is 7.30. The second-order valence-corrected chi connectivity index (χ2v) is 7.61. The lowest BCUT2D eigenvalue weighted by Crippen LogP contribution is -2.33. The van der Waals surface area contributed by atoms with Crippen LogP contribution in [0.15, 0.2) is 41.8 Å². The number of nitrogens with zero attached hydrogens (tertiary/aromatic N) is 2. The number of benzene rings is 2. The van der Waals surface area contributed by atoms with Gasteiger partial charge in [-0.05, 0) is 43.7 Å². The molecule has 0 aliphatic rings. The molecule has 0 saturated carbocycles. The van der Waals surface area contributed by atoms with E-state index in [1.807, 2.05) is 13.8 Å². The van der Waals surface area contributed by atoms with Crippen LogP contribution in [-0.2, 0) is 6.61 Å². The fraction of sp³-hybridized carbons (Fsp3) is 0.238. The predicted octanol–water partition coefficient (Wildman–Crippen LogP) is 5.29. The molecule has 0 aliphatic heterocycles. The Balaban J connectivity index is 1.74. The van der Waals surface area contributed by atoms with Gasteiger partial charge < -0.3 is 9.64 Å². The van der Waals surface area contributed by atoms with E-state index in [1.54, 1.807) is 17.3 Å². The maximum absolute atomic E-state index is 14.6. The number of carbonyl (C=O) groups is 1. The van der Waals surface area contributed by atoms with Crippen molar-refractivity contribution in [3.8, 4) is 16.3 Å². The zero-order chi connectivity index (χ0) is 21.1. The van der Waals surface area contributed by atoms with Crippen LogP contribution in [0, 0.1) is 17.5 Å². The van der Waals surface area contributed by atoms with Crippen LogP contribution in [0.3, 0.4) is 0 Å². The Bertz CT molecular complexity index is 1020. The minimum atomic E-state index is -0.706. The molecule has 2 aromatic carbocycles. The molecule has 3 aromatic rings. The van der Waals surface area contributed by atoms with E-state index >= 15 is 0 Å². The first-order chi connectivity index (χ1) is 13.7. The Kier molecular flexibility index (Phi) is 6.22. The minimum Gasteiger partial charge on any atom is -0.489 e. The molecule has 0 N–H and O–H groups in total. The third-order valence-corrected chi connectivity index (χ3v) is 5.19. The van der Waals surface area contributed by atoms with Gasteiger partial charge in [0.2, 0.25) is 0 Å². The van der Waals surface area contributed by atoms with E-state index in [1.165, 1.54) is 29.5 Å². The first-order valence-electron chi connectivity index (χ1n) is 8.85. The van der Waals surface area contributed by atoms with E-state index in [0.717, 1.165) is 18.2 Å². The molecule has 0 aliphatic carbocycles. The van der Waals surface area contributed by atoms with Crippen LogP contribution in [0.5, 0.6) is 5.75 Å². The first kappa shape index (κ1) is 20.9. The van der Waals surface area contributed by atoms with Gasteiger partial charge in [0.25, 0.3) is 5.91 Å². The van der Waals surface area contributed by atoms with E-state index in [0.29, 0.717) is 10.6 Å². The standard InChI is InChI=1S/C21H19F3N2O2S/c1-12(2)26(3)21(27)19-11-29-20(25-19)17-5-4-16(9-18(17)24)28-10-13-6-14(22)8-15(23)7-13/h4-9,11-12H,10H2,1-3H3. The van der Waals surface area contributed by atoms with Gasteiger partial charge in [-0.3, -0.25) is 4.79 Å². The smallest absolute Gasteiger partial charge is 0.273 e. The topological polar surface area (TPSA) is 42.4 Å². The molecule has 4 nitrogen and oxygen atoms in total. The summed E-state index contributed by atoms with van der Waals surface area (Å²) in [5.41, 5.74) is 0.795. The summed E-state index contributed by atoms with van der Waals surface area (Å²) in [7, 11) is 1.68. The van der Waals surface area contributed by atoms with E-state index in [9.17, 15) is 18.0 Å². The van der Waals surface area contributed by atoms with Crippen LogP contribution in [0.2, 0.25) is 0 Å². The van der Waals surface area contributed by atoms with Gasteiger partial charge in [0.15, 0.2) is 0 Å². The Morgan fingerprint density at radius 1 is 1.14 bits per heavy atom. The summed E-state index contributed by atoms with van der Waals surface area (Å²) >= 11 is 1.17. The molecule has 0 spiro atoms. The molecule has 0 fully saturated rings. The predicted molar refractivity (Wildman–Crippen MR) is 105 cm³/mol. The molecular formula is C21H19F3N2O2S. The maximum Gasteiger partial charge on any atom is 0.273 e.